The number of nitrogens with one attached hydrogen (secondary N) is 1. The van der Waals surface area contributed by atoms with Crippen LogP contribution >= 0.6 is 11.6 Å². The number of amides is 1. The number of nitrogens with zero attached hydrogens (tertiary/aromatic N) is 2. The molecular formula is C25H26ClN3O. The predicted octanol–water partition coefficient (Wildman–Crippen LogP) is 5.22. The predicted molar refractivity (Wildman–Crippen MR) is 125 cm³/mol. The van der Waals surface area contributed by atoms with Gasteiger partial charge in [-0.3, -0.25) is 9.69 Å². The molecule has 0 unspecified atom stereocenters. The minimum atomic E-state index is -0.154. The van der Waals surface area contributed by atoms with E-state index in [9.17, 15) is 4.79 Å². The van der Waals surface area contributed by atoms with E-state index in [4.69, 9.17) is 11.6 Å². The zero-order valence-electron chi connectivity index (χ0n) is 17.1. The lowest BCUT2D eigenvalue weighted by molar-refractivity contribution is 0.102. The lowest BCUT2D eigenvalue weighted by Crippen LogP contribution is -2.45. The zero-order valence-corrected chi connectivity index (χ0v) is 17.9. The minimum Gasteiger partial charge on any atom is -0.369 e. The average molecular weight is 420 g/mol. The monoisotopic (exact) mass is 419 g/mol. The maximum atomic E-state index is 12.5. The van der Waals surface area contributed by atoms with E-state index in [1.54, 1.807) is 12.1 Å². The van der Waals surface area contributed by atoms with E-state index in [1.165, 1.54) is 11.3 Å². The smallest absolute Gasteiger partial charge is 0.255 e. The third-order valence-corrected chi connectivity index (χ3v) is 5.95. The van der Waals surface area contributed by atoms with Gasteiger partial charge in [0.2, 0.25) is 0 Å². The van der Waals surface area contributed by atoms with Gasteiger partial charge >= 0.3 is 0 Å². The molecular weight excluding hydrogens is 394 g/mol. The molecule has 1 fully saturated rings. The number of anilines is 2. The highest BCUT2D eigenvalue weighted by Crippen LogP contribution is 2.22. The standard InChI is InChI=1S/C25H26ClN3O/c1-19-7-8-21(17-24(19)26)25(30)27-22-9-11-23(12-10-22)29-15-13-28(14-16-29)18-20-5-3-2-4-6-20/h2-12,17H,13-16,18H2,1H3,(H,27,30). The second-order valence-corrected chi connectivity index (χ2v) is 8.12. The van der Waals surface area contributed by atoms with E-state index < -0.39 is 0 Å². The van der Waals surface area contributed by atoms with Crippen molar-refractivity contribution >= 4 is 28.9 Å². The van der Waals surface area contributed by atoms with E-state index in [1.807, 2.05) is 25.1 Å². The molecule has 5 heteroatoms. The molecule has 0 saturated carbocycles. The first-order chi connectivity index (χ1) is 14.6. The number of benzene rings is 3. The van der Waals surface area contributed by atoms with Crippen molar-refractivity contribution in [3.8, 4) is 0 Å². The Bertz CT molecular complexity index is 997. The Morgan fingerprint density at radius 1 is 0.933 bits per heavy atom. The molecule has 4 nitrogen and oxygen atoms in total. The molecule has 1 saturated heterocycles. The van der Waals surface area contributed by atoms with Crippen LogP contribution in [0.5, 0.6) is 0 Å². The Morgan fingerprint density at radius 2 is 1.63 bits per heavy atom. The lowest BCUT2D eigenvalue weighted by atomic mass is 10.1. The largest absolute Gasteiger partial charge is 0.369 e. The summed E-state index contributed by atoms with van der Waals surface area (Å²) in [6.07, 6.45) is 0. The number of hydrogen-bond acceptors (Lipinski definition) is 3. The molecule has 0 atom stereocenters. The topological polar surface area (TPSA) is 35.6 Å². The van der Waals surface area contributed by atoms with Crippen molar-refractivity contribution in [3.05, 3.63) is 94.5 Å². The van der Waals surface area contributed by atoms with Crippen LogP contribution in [-0.4, -0.2) is 37.0 Å². The normalized spacial score (nSPS) is 14.5. The van der Waals surface area contributed by atoms with Crippen molar-refractivity contribution in [1.82, 2.24) is 4.90 Å². The average Bonchev–Trinajstić information content (AvgIpc) is 2.77. The highest BCUT2D eigenvalue weighted by atomic mass is 35.5. The van der Waals surface area contributed by atoms with Gasteiger partial charge < -0.3 is 10.2 Å². The van der Waals surface area contributed by atoms with Crippen LogP contribution in [-0.2, 0) is 6.54 Å². The van der Waals surface area contributed by atoms with Gasteiger partial charge in [-0.15, -0.1) is 0 Å². The van der Waals surface area contributed by atoms with Gasteiger partial charge in [0.1, 0.15) is 0 Å². The fourth-order valence-electron chi connectivity index (χ4n) is 3.70. The van der Waals surface area contributed by atoms with Gasteiger partial charge in [-0.25, -0.2) is 0 Å². The Kier molecular flexibility index (Phi) is 6.36. The molecule has 154 valence electrons. The molecule has 3 aromatic carbocycles. The summed E-state index contributed by atoms with van der Waals surface area (Å²) in [6.45, 7) is 7.01. The van der Waals surface area contributed by atoms with Crippen molar-refractivity contribution in [2.45, 2.75) is 13.5 Å². The van der Waals surface area contributed by atoms with Gasteiger partial charge in [0.05, 0.1) is 0 Å². The third-order valence-electron chi connectivity index (χ3n) is 5.55. The summed E-state index contributed by atoms with van der Waals surface area (Å²) in [5.41, 5.74) is 4.85. The van der Waals surface area contributed by atoms with Crippen LogP contribution in [0, 0.1) is 6.92 Å². The molecule has 0 aliphatic carbocycles. The van der Waals surface area contributed by atoms with Crippen molar-refractivity contribution in [3.63, 3.8) is 0 Å². The van der Waals surface area contributed by atoms with Crippen LogP contribution in [0.25, 0.3) is 0 Å². The van der Waals surface area contributed by atoms with E-state index in [0.29, 0.717) is 10.6 Å². The van der Waals surface area contributed by atoms with Crippen LogP contribution in [0.3, 0.4) is 0 Å². The summed E-state index contributed by atoms with van der Waals surface area (Å²) in [4.78, 5) is 17.4. The molecule has 1 aliphatic rings. The second-order valence-electron chi connectivity index (χ2n) is 7.71. The summed E-state index contributed by atoms with van der Waals surface area (Å²) >= 11 is 6.13. The van der Waals surface area contributed by atoms with Crippen LogP contribution in [0.15, 0.2) is 72.8 Å². The number of rotatable bonds is 5. The number of hydrogen-bond donors (Lipinski definition) is 1. The fraction of sp³-hybridized carbons (Fsp3) is 0.240. The Hall–Kier alpha value is -2.82. The van der Waals surface area contributed by atoms with Crippen molar-refractivity contribution in [2.24, 2.45) is 0 Å². The number of carbonyl (C=O) groups is 1. The molecule has 30 heavy (non-hydrogen) atoms. The van der Waals surface area contributed by atoms with E-state index in [0.717, 1.165) is 44.0 Å². The summed E-state index contributed by atoms with van der Waals surface area (Å²) in [7, 11) is 0. The van der Waals surface area contributed by atoms with Gasteiger partial charge in [0.25, 0.3) is 5.91 Å². The molecule has 0 bridgehead atoms. The molecule has 0 spiro atoms. The summed E-state index contributed by atoms with van der Waals surface area (Å²) in [6, 6.07) is 24.0. The number of halogens is 1. The third kappa shape index (κ3) is 5.02. The van der Waals surface area contributed by atoms with Crippen LogP contribution in [0.1, 0.15) is 21.5 Å². The summed E-state index contributed by atoms with van der Waals surface area (Å²) in [5, 5.41) is 3.55. The number of aryl methyl sites for hydroxylation is 1. The Morgan fingerprint density at radius 3 is 2.30 bits per heavy atom. The first-order valence-corrected chi connectivity index (χ1v) is 10.6. The molecule has 0 radical (unpaired) electrons. The second kappa shape index (κ2) is 9.33. The Balaban J connectivity index is 1.31. The van der Waals surface area contributed by atoms with E-state index >= 15 is 0 Å². The van der Waals surface area contributed by atoms with Crippen molar-refractivity contribution < 1.29 is 4.79 Å². The van der Waals surface area contributed by atoms with Crippen LogP contribution in [0.2, 0.25) is 5.02 Å². The first-order valence-electron chi connectivity index (χ1n) is 10.3. The molecule has 1 amide bonds. The zero-order chi connectivity index (χ0) is 20.9. The minimum absolute atomic E-state index is 0.154. The van der Waals surface area contributed by atoms with Gasteiger partial charge in [0.15, 0.2) is 0 Å². The fourth-order valence-corrected chi connectivity index (χ4v) is 3.88. The van der Waals surface area contributed by atoms with Gasteiger partial charge in [-0.05, 0) is 54.4 Å². The van der Waals surface area contributed by atoms with Gasteiger partial charge in [-0.2, -0.15) is 0 Å². The lowest BCUT2D eigenvalue weighted by Gasteiger charge is -2.36. The van der Waals surface area contributed by atoms with Crippen molar-refractivity contribution in [2.75, 3.05) is 36.4 Å². The van der Waals surface area contributed by atoms with E-state index in [-0.39, 0.29) is 5.91 Å². The molecule has 1 heterocycles. The number of piperazine rings is 1. The SMILES string of the molecule is Cc1ccc(C(=O)Nc2ccc(N3CCN(Cc4ccccc4)CC3)cc2)cc1Cl. The van der Waals surface area contributed by atoms with Crippen molar-refractivity contribution in [1.29, 1.82) is 0 Å². The summed E-state index contributed by atoms with van der Waals surface area (Å²) < 4.78 is 0. The molecule has 0 aromatic heterocycles. The maximum Gasteiger partial charge on any atom is 0.255 e. The molecule has 4 rings (SSSR count). The maximum absolute atomic E-state index is 12.5. The number of carbonyl (C=O) groups excluding carboxylic acids is 1. The van der Waals surface area contributed by atoms with Crippen LogP contribution < -0.4 is 10.2 Å². The first kappa shape index (κ1) is 20.5. The molecule has 1 N–H and O–H groups in total. The van der Waals surface area contributed by atoms with Gasteiger partial charge in [0, 0.05) is 54.7 Å². The summed E-state index contributed by atoms with van der Waals surface area (Å²) in [5.74, 6) is -0.154. The molecule has 1 aliphatic heterocycles. The highest BCUT2D eigenvalue weighted by Gasteiger charge is 2.17. The Labute approximate surface area is 183 Å². The van der Waals surface area contributed by atoms with Crippen LogP contribution in [0.4, 0.5) is 11.4 Å². The molecule has 3 aromatic rings. The quantitative estimate of drug-likeness (QED) is 0.615. The van der Waals surface area contributed by atoms with Gasteiger partial charge in [-0.1, -0.05) is 48.0 Å². The highest BCUT2D eigenvalue weighted by molar-refractivity contribution is 6.31. The van der Waals surface area contributed by atoms with E-state index in [2.05, 4.69) is 57.6 Å².